The molecule has 2 atom stereocenters. The van der Waals surface area contributed by atoms with Gasteiger partial charge in [-0.1, -0.05) is 27.2 Å². The van der Waals surface area contributed by atoms with E-state index in [4.69, 9.17) is 9.52 Å². The minimum Gasteiger partial charge on any atom is -0.480 e. The van der Waals surface area contributed by atoms with Crippen LogP contribution in [0.2, 0.25) is 0 Å². The van der Waals surface area contributed by atoms with E-state index < -0.39 is 29.9 Å². The van der Waals surface area contributed by atoms with Crippen molar-refractivity contribution in [3.05, 3.63) is 24.2 Å². The lowest BCUT2D eigenvalue weighted by Gasteiger charge is -2.23. The first kappa shape index (κ1) is 17.7. The first-order valence-electron chi connectivity index (χ1n) is 7.24. The highest BCUT2D eigenvalue weighted by Gasteiger charge is 2.28. The number of aliphatic carboxylic acids is 1. The van der Waals surface area contributed by atoms with Crippen LogP contribution in [0.15, 0.2) is 22.8 Å². The van der Waals surface area contributed by atoms with Crippen LogP contribution in [0, 0.1) is 5.92 Å². The van der Waals surface area contributed by atoms with E-state index in [0.29, 0.717) is 12.8 Å². The second-order valence-corrected chi connectivity index (χ2v) is 5.36. The lowest BCUT2D eigenvalue weighted by Crippen LogP contribution is -2.53. The number of carboxylic acid groups (broad SMARTS) is 1. The van der Waals surface area contributed by atoms with Gasteiger partial charge in [-0.3, -0.25) is 9.59 Å². The molecular weight excluding hydrogens is 288 g/mol. The molecule has 0 spiro atoms. The molecule has 0 bridgehead atoms. The molecule has 1 rings (SSSR count). The fourth-order valence-corrected chi connectivity index (χ4v) is 1.96. The number of carbonyl (C=O) groups is 3. The number of carbonyl (C=O) groups excluding carboxylic acids is 2. The molecule has 0 saturated heterocycles. The smallest absolute Gasteiger partial charge is 0.326 e. The number of carboxylic acids is 1. The molecule has 0 aliphatic carbocycles. The van der Waals surface area contributed by atoms with Crippen LogP contribution in [0.5, 0.6) is 0 Å². The van der Waals surface area contributed by atoms with E-state index >= 15 is 0 Å². The van der Waals surface area contributed by atoms with E-state index in [9.17, 15) is 14.4 Å². The number of nitrogens with one attached hydrogen (secondary N) is 2. The van der Waals surface area contributed by atoms with Crippen molar-refractivity contribution in [3.8, 4) is 0 Å². The number of rotatable bonds is 8. The highest BCUT2D eigenvalue weighted by atomic mass is 16.4. The number of hydrogen-bond acceptors (Lipinski definition) is 4. The topological polar surface area (TPSA) is 109 Å². The Bertz CT molecular complexity index is 510. The number of furan rings is 1. The maximum absolute atomic E-state index is 12.3. The molecule has 0 aliphatic heterocycles. The highest BCUT2D eigenvalue weighted by Crippen LogP contribution is 2.07. The first-order chi connectivity index (χ1) is 10.4. The van der Waals surface area contributed by atoms with E-state index in [0.717, 1.165) is 0 Å². The van der Waals surface area contributed by atoms with Gasteiger partial charge < -0.3 is 20.2 Å². The van der Waals surface area contributed by atoms with Crippen LogP contribution >= 0.6 is 0 Å². The largest absolute Gasteiger partial charge is 0.480 e. The summed E-state index contributed by atoms with van der Waals surface area (Å²) >= 11 is 0. The van der Waals surface area contributed by atoms with Gasteiger partial charge in [0.2, 0.25) is 5.91 Å². The van der Waals surface area contributed by atoms with E-state index in [1.165, 1.54) is 12.3 Å². The molecule has 2 amide bonds. The zero-order chi connectivity index (χ0) is 16.7. The van der Waals surface area contributed by atoms with Crippen LogP contribution in [-0.2, 0) is 9.59 Å². The predicted molar refractivity (Wildman–Crippen MR) is 79.3 cm³/mol. The molecule has 0 aliphatic rings. The summed E-state index contributed by atoms with van der Waals surface area (Å²) in [5.74, 6) is -2.22. The van der Waals surface area contributed by atoms with Gasteiger partial charge in [-0.15, -0.1) is 0 Å². The molecule has 7 nitrogen and oxygen atoms in total. The van der Waals surface area contributed by atoms with Gasteiger partial charge in [0.05, 0.1) is 6.26 Å². The van der Waals surface area contributed by atoms with Gasteiger partial charge in [0.15, 0.2) is 5.76 Å². The Hall–Kier alpha value is -2.31. The molecule has 1 aromatic heterocycles. The van der Waals surface area contributed by atoms with Crippen molar-refractivity contribution in [2.24, 2.45) is 5.92 Å². The van der Waals surface area contributed by atoms with Crippen LogP contribution < -0.4 is 10.6 Å². The SMILES string of the molecule is CCCC(NC(=O)C(NC(=O)c1ccco1)C(C)C)C(=O)O. The third kappa shape index (κ3) is 4.91. The summed E-state index contributed by atoms with van der Waals surface area (Å²) in [6.07, 6.45) is 2.32. The van der Waals surface area contributed by atoms with Crippen molar-refractivity contribution in [1.29, 1.82) is 0 Å². The summed E-state index contributed by atoms with van der Waals surface area (Å²) in [6.45, 7) is 5.37. The molecule has 0 aromatic carbocycles. The van der Waals surface area contributed by atoms with Gasteiger partial charge >= 0.3 is 5.97 Å². The van der Waals surface area contributed by atoms with Gasteiger partial charge in [0.1, 0.15) is 12.1 Å². The molecule has 7 heteroatoms. The molecule has 2 unspecified atom stereocenters. The summed E-state index contributed by atoms with van der Waals surface area (Å²) < 4.78 is 4.98. The summed E-state index contributed by atoms with van der Waals surface area (Å²) in [5, 5.41) is 14.1. The Labute approximate surface area is 129 Å². The van der Waals surface area contributed by atoms with Gasteiger partial charge in [0, 0.05) is 0 Å². The van der Waals surface area contributed by atoms with E-state index in [1.54, 1.807) is 19.9 Å². The molecule has 0 fully saturated rings. The highest BCUT2D eigenvalue weighted by molar-refractivity contribution is 5.96. The number of amides is 2. The summed E-state index contributed by atoms with van der Waals surface area (Å²) in [4.78, 5) is 35.3. The molecule has 0 radical (unpaired) electrons. The zero-order valence-corrected chi connectivity index (χ0v) is 13.0. The average molecular weight is 310 g/mol. The fraction of sp³-hybridized carbons (Fsp3) is 0.533. The minimum atomic E-state index is -1.09. The first-order valence-corrected chi connectivity index (χ1v) is 7.24. The van der Waals surface area contributed by atoms with Crippen molar-refractivity contribution in [1.82, 2.24) is 10.6 Å². The molecule has 0 saturated carbocycles. The zero-order valence-electron chi connectivity index (χ0n) is 13.0. The fourth-order valence-electron chi connectivity index (χ4n) is 1.96. The van der Waals surface area contributed by atoms with Gasteiger partial charge in [-0.05, 0) is 24.5 Å². The molecular formula is C15H22N2O5. The van der Waals surface area contributed by atoms with Crippen LogP contribution in [0.25, 0.3) is 0 Å². The Morgan fingerprint density at radius 1 is 1.27 bits per heavy atom. The van der Waals surface area contributed by atoms with Gasteiger partial charge in [-0.2, -0.15) is 0 Å². The normalized spacial score (nSPS) is 13.5. The van der Waals surface area contributed by atoms with Crippen LogP contribution in [0.3, 0.4) is 0 Å². The number of hydrogen-bond donors (Lipinski definition) is 3. The van der Waals surface area contributed by atoms with Gasteiger partial charge in [0.25, 0.3) is 5.91 Å². The Balaban J connectivity index is 2.75. The average Bonchev–Trinajstić information content (AvgIpc) is 2.97. The van der Waals surface area contributed by atoms with Crippen molar-refractivity contribution in [2.75, 3.05) is 0 Å². The molecule has 1 heterocycles. The van der Waals surface area contributed by atoms with Crippen LogP contribution in [0.1, 0.15) is 44.2 Å². The van der Waals surface area contributed by atoms with Crippen molar-refractivity contribution in [3.63, 3.8) is 0 Å². The van der Waals surface area contributed by atoms with Gasteiger partial charge in [-0.25, -0.2) is 4.79 Å². The van der Waals surface area contributed by atoms with Crippen molar-refractivity contribution < 1.29 is 23.9 Å². The second-order valence-electron chi connectivity index (χ2n) is 5.36. The third-order valence-corrected chi connectivity index (χ3v) is 3.17. The standard InChI is InChI=1S/C15H22N2O5/c1-4-6-10(15(20)21)16-14(19)12(9(2)3)17-13(18)11-7-5-8-22-11/h5,7-10,12H,4,6H2,1-3H3,(H,16,19)(H,17,18)(H,20,21). The quantitative estimate of drug-likeness (QED) is 0.672. The second kappa shape index (κ2) is 8.21. The Morgan fingerprint density at radius 3 is 2.41 bits per heavy atom. The van der Waals surface area contributed by atoms with E-state index in [2.05, 4.69) is 10.6 Å². The lowest BCUT2D eigenvalue weighted by molar-refractivity contribution is -0.142. The lowest BCUT2D eigenvalue weighted by atomic mass is 10.0. The van der Waals surface area contributed by atoms with E-state index in [-0.39, 0.29) is 11.7 Å². The Morgan fingerprint density at radius 2 is 1.95 bits per heavy atom. The van der Waals surface area contributed by atoms with E-state index in [1.807, 2.05) is 6.92 Å². The predicted octanol–water partition coefficient (Wildman–Crippen LogP) is 1.40. The summed E-state index contributed by atoms with van der Waals surface area (Å²) in [5.41, 5.74) is 0. The molecule has 1 aromatic rings. The summed E-state index contributed by atoms with van der Waals surface area (Å²) in [6, 6.07) is 1.26. The maximum atomic E-state index is 12.3. The van der Waals surface area contributed by atoms with Crippen LogP contribution in [-0.4, -0.2) is 35.0 Å². The van der Waals surface area contributed by atoms with Crippen molar-refractivity contribution >= 4 is 17.8 Å². The third-order valence-electron chi connectivity index (χ3n) is 3.17. The molecule has 22 heavy (non-hydrogen) atoms. The molecule has 122 valence electrons. The van der Waals surface area contributed by atoms with Crippen LogP contribution in [0.4, 0.5) is 0 Å². The minimum absolute atomic E-state index is 0.0989. The molecule has 3 N–H and O–H groups in total. The Kier molecular flexibility index (Phi) is 6.62. The maximum Gasteiger partial charge on any atom is 0.326 e. The van der Waals surface area contributed by atoms with Crippen molar-refractivity contribution in [2.45, 2.75) is 45.7 Å². The monoisotopic (exact) mass is 310 g/mol. The summed E-state index contributed by atoms with van der Waals surface area (Å²) in [7, 11) is 0.